The van der Waals surface area contributed by atoms with Crippen molar-refractivity contribution in [3.05, 3.63) is 98.7 Å². The summed E-state index contributed by atoms with van der Waals surface area (Å²) in [6.45, 7) is 10.2. The molecule has 0 aliphatic carbocycles. The summed E-state index contributed by atoms with van der Waals surface area (Å²) < 4.78 is 13.7. The summed E-state index contributed by atoms with van der Waals surface area (Å²) >= 11 is 9.09. The summed E-state index contributed by atoms with van der Waals surface area (Å²) in [6.07, 6.45) is 4.44. The number of benzene rings is 3. The van der Waals surface area contributed by atoms with E-state index in [1.54, 1.807) is 4.90 Å². The van der Waals surface area contributed by atoms with Gasteiger partial charge >= 0.3 is 6.01 Å². The molecule has 7 rings (SSSR count). The molecule has 3 aromatic carbocycles. The number of hydrogen-bond donors (Lipinski definition) is 0. The Kier molecular flexibility index (Phi) is 11.8. The van der Waals surface area contributed by atoms with E-state index < -0.39 is 0 Å². The van der Waals surface area contributed by atoms with Crippen LogP contribution in [0.15, 0.2) is 73.3 Å². The van der Waals surface area contributed by atoms with Crippen molar-refractivity contribution >= 4 is 62.4 Å². The Morgan fingerprint density at radius 1 is 1.06 bits per heavy atom. The first-order valence-electron chi connectivity index (χ1n) is 18.0. The van der Waals surface area contributed by atoms with Crippen LogP contribution < -0.4 is 14.5 Å². The third-order valence-corrected chi connectivity index (χ3v) is 11.3. The number of likely N-dealkylation sites (tertiary alicyclic amines) is 1. The van der Waals surface area contributed by atoms with Gasteiger partial charge in [-0.3, -0.25) is 9.69 Å². The molecule has 0 unspecified atom stereocenters. The Morgan fingerprint density at radius 2 is 1.90 bits per heavy atom. The van der Waals surface area contributed by atoms with Crippen molar-refractivity contribution in [2.75, 3.05) is 62.3 Å². The van der Waals surface area contributed by atoms with Crippen molar-refractivity contribution in [1.82, 2.24) is 19.8 Å². The van der Waals surface area contributed by atoms with E-state index in [-0.39, 0.29) is 24.4 Å². The standard InChI is InChI=1S/C40H43ClIN7O3/c1-2-37(50)49-20-19-48(24-31(49)14-16-43)39-33-15-18-47(36-13-5-9-29-8-4-12-34(41)38(29)36)25-35(33)44-40(45-39)52-27-32-11-6-17-46(32)21-22-51-26-28-7-3-10-30(42)23-28/h2-5,7-10,12-13,23,31-32H,1,6,11,14-15,17-22,24-27H2/t31-,32-/m0/s1. The predicted molar refractivity (Wildman–Crippen MR) is 213 cm³/mol. The lowest BCUT2D eigenvalue weighted by Crippen LogP contribution is -2.55. The molecule has 52 heavy (non-hydrogen) atoms. The van der Waals surface area contributed by atoms with Gasteiger partial charge in [-0.2, -0.15) is 15.2 Å². The van der Waals surface area contributed by atoms with Crippen LogP contribution in [0.5, 0.6) is 6.01 Å². The first-order chi connectivity index (χ1) is 25.4. The van der Waals surface area contributed by atoms with Gasteiger partial charge in [0.25, 0.3) is 0 Å². The van der Waals surface area contributed by atoms with Gasteiger partial charge in [-0.1, -0.05) is 54.6 Å². The molecule has 0 spiro atoms. The number of ether oxygens (including phenoxy) is 2. The number of amides is 1. The van der Waals surface area contributed by atoms with Gasteiger partial charge in [0.15, 0.2) is 0 Å². The summed E-state index contributed by atoms with van der Waals surface area (Å²) in [5, 5.41) is 12.5. The Balaban J connectivity index is 1.11. The van der Waals surface area contributed by atoms with Crippen LogP contribution in [0, 0.1) is 14.9 Å². The number of carbonyl (C=O) groups is 1. The van der Waals surface area contributed by atoms with Crippen LogP contribution in [-0.2, 0) is 29.1 Å². The fourth-order valence-corrected chi connectivity index (χ4v) is 8.63. The second-order valence-electron chi connectivity index (χ2n) is 13.6. The average molecular weight is 832 g/mol. The minimum Gasteiger partial charge on any atom is -0.462 e. The molecular formula is C40H43ClIN7O3. The van der Waals surface area contributed by atoms with Crippen LogP contribution in [0.2, 0.25) is 5.02 Å². The quantitative estimate of drug-likeness (QED) is 0.0887. The number of nitriles is 1. The summed E-state index contributed by atoms with van der Waals surface area (Å²) in [4.78, 5) is 31.5. The molecule has 0 bridgehead atoms. The number of hydrogen-bond acceptors (Lipinski definition) is 9. The van der Waals surface area contributed by atoms with Crippen molar-refractivity contribution in [3.63, 3.8) is 0 Å². The molecular weight excluding hydrogens is 789 g/mol. The van der Waals surface area contributed by atoms with Crippen LogP contribution in [0.3, 0.4) is 0 Å². The summed E-state index contributed by atoms with van der Waals surface area (Å²) in [6, 6.07) is 23.3. The summed E-state index contributed by atoms with van der Waals surface area (Å²) in [5.41, 5.74) is 4.27. The van der Waals surface area contributed by atoms with Gasteiger partial charge in [-0.25, -0.2) is 0 Å². The van der Waals surface area contributed by atoms with E-state index in [0.717, 1.165) is 77.5 Å². The zero-order chi connectivity index (χ0) is 36.0. The Bertz CT molecular complexity index is 1970. The maximum absolute atomic E-state index is 12.7. The molecule has 12 heteroatoms. The van der Waals surface area contributed by atoms with Gasteiger partial charge < -0.3 is 24.2 Å². The lowest BCUT2D eigenvalue weighted by Gasteiger charge is -2.42. The molecule has 1 aromatic heterocycles. The molecule has 3 aliphatic heterocycles. The fraction of sp³-hybridized carbons (Fsp3) is 0.400. The Hall–Kier alpha value is -3.96. The van der Waals surface area contributed by atoms with E-state index in [1.165, 1.54) is 15.2 Å². The van der Waals surface area contributed by atoms with Crippen LogP contribution >= 0.6 is 34.2 Å². The first-order valence-corrected chi connectivity index (χ1v) is 19.4. The number of nitrogens with zero attached hydrogens (tertiary/aromatic N) is 7. The molecule has 10 nitrogen and oxygen atoms in total. The molecule has 1 amide bonds. The SMILES string of the molecule is C=CC(=O)N1CCN(c2nc(OC[C@@H]3CCCN3CCOCc3cccc(I)c3)nc3c2CCN(c2cccc4cccc(Cl)c24)C3)C[C@@H]1CC#N. The molecule has 4 aromatic rings. The van der Waals surface area contributed by atoms with Crippen LogP contribution in [0.1, 0.15) is 36.1 Å². The molecule has 2 fully saturated rings. The summed E-state index contributed by atoms with van der Waals surface area (Å²) in [7, 11) is 0. The van der Waals surface area contributed by atoms with Gasteiger partial charge in [0.2, 0.25) is 5.91 Å². The van der Waals surface area contributed by atoms with Gasteiger partial charge in [-0.05, 0) is 89.7 Å². The van der Waals surface area contributed by atoms with E-state index in [2.05, 4.69) is 98.5 Å². The topological polar surface area (TPSA) is 98.1 Å². The smallest absolute Gasteiger partial charge is 0.318 e. The van der Waals surface area contributed by atoms with Crippen LogP contribution in [0.4, 0.5) is 11.5 Å². The van der Waals surface area contributed by atoms with Gasteiger partial charge in [0.1, 0.15) is 12.4 Å². The largest absolute Gasteiger partial charge is 0.462 e. The van der Waals surface area contributed by atoms with Crippen molar-refractivity contribution in [2.45, 2.75) is 50.9 Å². The lowest BCUT2D eigenvalue weighted by atomic mass is 10.0. The molecule has 2 atom stereocenters. The minimum atomic E-state index is -0.267. The van der Waals surface area contributed by atoms with Crippen LogP contribution in [-0.4, -0.2) is 90.2 Å². The maximum Gasteiger partial charge on any atom is 0.318 e. The highest BCUT2D eigenvalue weighted by molar-refractivity contribution is 14.1. The molecule has 0 saturated carbocycles. The fourth-order valence-electron chi connectivity index (χ4n) is 7.74. The number of halogens is 2. The Morgan fingerprint density at radius 3 is 2.73 bits per heavy atom. The highest BCUT2D eigenvalue weighted by Crippen LogP contribution is 2.37. The Labute approximate surface area is 324 Å². The zero-order valence-electron chi connectivity index (χ0n) is 29.2. The second-order valence-corrected chi connectivity index (χ2v) is 15.2. The third kappa shape index (κ3) is 8.15. The van der Waals surface area contributed by atoms with E-state index in [0.29, 0.717) is 52.0 Å². The van der Waals surface area contributed by atoms with E-state index in [1.807, 2.05) is 12.1 Å². The van der Waals surface area contributed by atoms with Gasteiger partial charge in [-0.15, -0.1) is 0 Å². The van der Waals surface area contributed by atoms with Gasteiger partial charge in [0, 0.05) is 59.0 Å². The zero-order valence-corrected chi connectivity index (χ0v) is 32.1. The second kappa shape index (κ2) is 16.8. The molecule has 0 radical (unpaired) electrons. The highest BCUT2D eigenvalue weighted by atomic mass is 127. The normalized spacial score (nSPS) is 19.1. The molecule has 3 aliphatic rings. The van der Waals surface area contributed by atoms with Crippen molar-refractivity contribution in [1.29, 1.82) is 5.26 Å². The highest BCUT2D eigenvalue weighted by Gasteiger charge is 2.34. The molecule has 2 saturated heterocycles. The van der Waals surface area contributed by atoms with Gasteiger partial charge in [0.05, 0.1) is 49.0 Å². The monoisotopic (exact) mass is 831 g/mol. The average Bonchev–Trinajstić information content (AvgIpc) is 3.62. The van der Waals surface area contributed by atoms with E-state index in [4.69, 9.17) is 31.0 Å². The molecule has 0 N–H and O–H groups in total. The lowest BCUT2D eigenvalue weighted by molar-refractivity contribution is -0.128. The van der Waals surface area contributed by atoms with Crippen molar-refractivity contribution in [2.24, 2.45) is 0 Å². The number of anilines is 2. The first kappa shape index (κ1) is 36.4. The van der Waals surface area contributed by atoms with E-state index in [9.17, 15) is 10.1 Å². The van der Waals surface area contributed by atoms with E-state index >= 15 is 0 Å². The minimum absolute atomic E-state index is 0.153. The van der Waals surface area contributed by atoms with Crippen molar-refractivity contribution in [3.8, 4) is 12.1 Å². The van der Waals surface area contributed by atoms with Crippen LogP contribution in [0.25, 0.3) is 10.8 Å². The maximum atomic E-state index is 12.7. The predicted octanol–water partition coefficient (Wildman–Crippen LogP) is 6.63. The number of piperazine rings is 1. The molecule has 4 heterocycles. The number of carbonyl (C=O) groups excluding carboxylic acids is 1. The molecule has 270 valence electrons. The number of aromatic nitrogens is 2. The number of fused-ring (bicyclic) bond motifs is 2. The summed E-state index contributed by atoms with van der Waals surface area (Å²) in [5.74, 6) is 0.677. The third-order valence-electron chi connectivity index (χ3n) is 10.3. The number of rotatable bonds is 12. The van der Waals surface area contributed by atoms with Crippen molar-refractivity contribution < 1.29 is 14.3 Å².